The zero-order valence-electron chi connectivity index (χ0n) is 9.67. The van der Waals surface area contributed by atoms with Crippen LogP contribution in [0.15, 0.2) is 18.2 Å². The lowest BCUT2D eigenvalue weighted by molar-refractivity contribution is 0.439. The van der Waals surface area contributed by atoms with E-state index in [9.17, 15) is 4.39 Å². The molecule has 88 valence electrons. The minimum atomic E-state index is -0.240. The molecule has 1 aliphatic rings. The lowest BCUT2D eigenvalue weighted by Crippen LogP contribution is -2.17. The molecule has 0 aliphatic heterocycles. The maximum atomic E-state index is 13.0. The third kappa shape index (κ3) is 2.46. The molecule has 0 amide bonds. The van der Waals surface area contributed by atoms with Gasteiger partial charge in [0, 0.05) is 6.54 Å². The van der Waals surface area contributed by atoms with Gasteiger partial charge in [0.05, 0.1) is 11.4 Å². The van der Waals surface area contributed by atoms with Crippen LogP contribution in [-0.2, 0) is 0 Å². The molecule has 1 fully saturated rings. The summed E-state index contributed by atoms with van der Waals surface area (Å²) in [6.45, 7) is 3.18. The van der Waals surface area contributed by atoms with Crippen molar-refractivity contribution in [3.63, 3.8) is 0 Å². The van der Waals surface area contributed by atoms with E-state index in [1.165, 1.54) is 31.4 Å². The van der Waals surface area contributed by atoms with E-state index < -0.39 is 0 Å². The molecule has 1 aromatic carbocycles. The molecule has 2 atom stereocenters. The minimum Gasteiger partial charge on any atom is -0.397 e. The Morgan fingerprint density at radius 2 is 2.25 bits per heavy atom. The van der Waals surface area contributed by atoms with E-state index in [1.807, 2.05) is 0 Å². The monoisotopic (exact) mass is 222 g/mol. The third-order valence-electron chi connectivity index (χ3n) is 3.61. The van der Waals surface area contributed by atoms with Crippen LogP contribution < -0.4 is 11.1 Å². The van der Waals surface area contributed by atoms with Gasteiger partial charge in [-0.3, -0.25) is 0 Å². The lowest BCUT2D eigenvalue weighted by atomic mass is 9.98. The Bertz CT molecular complexity index is 365. The Labute approximate surface area is 96.0 Å². The number of nitrogens with one attached hydrogen (secondary N) is 1. The average Bonchev–Trinajstić information content (AvgIpc) is 2.66. The number of anilines is 2. The highest BCUT2D eigenvalue weighted by Crippen LogP contribution is 2.31. The summed E-state index contributed by atoms with van der Waals surface area (Å²) in [4.78, 5) is 0. The highest BCUT2D eigenvalue weighted by atomic mass is 19.1. The molecule has 0 radical (unpaired) electrons. The number of hydrogen-bond donors (Lipinski definition) is 2. The van der Waals surface area contributed by atoms with Gasteiger partial charge in [0.1, 0.15) is 5.82 Å². The Morgan fingerprint density at radius 1 is 1.44 bits per heavy atom. The van der Waals surface area contributed by atoms with Crippen LogP contribution in [0.25, 0.3) is 0 Å². The van der Waals surface area contributed by atoms with E-state index in [1.54, 1.807) is 6.07 Å². The van der Waals surface area contributed by atoms with Crippen LogP contribution >= 0.6 is 0 Å². The highest BCUT2D eigenvalue weighted by Gasteiger charge is 2.22. The van der Waals surface area contributed by atoms with Gasteiger partial charge in [-0.25, -0.2) is 4.39 Å². The summed E-state index contributed by atoms with van der Waals surface area (Å²) in [5.41, 5.74) is 7.12. The largest absolute Gasteiger partial charge is 0.397 e. The van der Waals surface area contributed by atoms with Crippen molar-refractivity contribution in [1.29, 1.82) is 0 Å². The van der Waals surface area contributed by atoms with Crippen molar-refractivity contribution in [3.8, 4) is 0 Å². The molecule has 0 saturated heterocycles. The highest BCUT2D eigenvalue weighted by molar-refractivity contribution is 5.65. The van der Waals surface area contributed by atoms with Gasteiger partial charge in [0.2, 0.25) is 0 Å². The smallest absolute Gasteiger partial charge is 0.125 e. The molecule has 3 heteroatoms. The van der Waals surface area contributed by atoms with Crippen molar-refractivity contribution >= 4 is 11.4 Å². The molecule has 1 aromatic rings. The van der Waals surface area contributed by atoms with E-state index in [0.717, 1.165) is 18.2 Å². The predicted molar refractivity (Wildman–Crippen MR) is 65.8 cm³/mol. The Hall–Kier alpha value is -1.25. The van der Waals surface area contributed by atoms with Crippen LogP contribution in [0.3, 0.4) is 0 Å². The fourth-order valence-corrected chi connectivity index (χ4v) is 2.45. The first kappa shape index (κ1) is 11.2. The number of nitrogen functional groups attached to an aromatic ring is 1. The molecule has 2 unspecified atom stereocenters. The Balaban J connectivity index is 1.96. The van der Waals surface area contributed by atoms with Crippen LogP contribution in [-0.4, -0.2) is 6.54 Å². The molecular weight excluding hydrogens is 203 g/mol. The standard InChI is InChI=1S/C13H19FN2/c1-9-3-2-4-10(9)8-16-13-7-11(14)5-6-12(13)15/h5-7,9-10,16H,2-4,8,15H2,1H3. The first-order chi connectivity index (χ1) is 7.66. The second-order valence-electron chi connectivity index (χ2n) is 4.78. The van der Waals surface area contributed by atoms with Crippen molar-refractivity contribution in [2.24, 2.45) is 11.8 Å². The molecule has 0 heterocycles. The number of hydrogen-bond acceptors (Lipinski definition) is 2. The topological polar surface area (TPSA) is 38.0 Å². The minimum absolute atomic E-state index is 0.240. The van der Waals surface area contributed by atoms with E-state index in [4.69, 9.17) is 5.73 Å². The Morgan fingerprint density at radius 3 is 2.94 bits per heavy atom. The SMILES string of the molecule is CC1CCCC1CNc1cc(F)ccc1N. The molecule has 2 nitrogen and oxygen atoms in total. The molecule has 2 rings (SSSR count). The maximum Gasteiger partial charge on any atom is 0.125 e. The van der Waals surface area contributed by atoms with Gasteiger partial charge in [0.25, 0.3) is 0 Å². The van der Waals surface area contributed by atoms with Gasteiger partial charge >= 0.3 is 0 Å². The van der Waals surface area contributed by atoms with Gasteiger partial charge in [-0.15, -0.1) is 0 Å². The van der Waals surface area contributed by atoms with E-state index in [-0.39, 0.29) is 5.82 Å². The van der Waals surface area contributed by atoms with Gasteiger partial charge < -0.3 is 11.1 Å². The van der Waals surface area contributed by atoms with Crippen molar-refractivity contribution in [3.05, 3.63) is 24.0 Å². The van der Waals surface area contributed by atoms with Crippen molar-refractivity contribution in [2.75, 3.05) is 17.6 Å². The summed E-state index contributed by atoms with van der Waals surface area (Å²) in [5, 5.41) is 3.26. The van der Waals surface area contributed by atoms with E-state index >= 15 is 0 Å². The molecule has 1 saturated carbocycles. The summed E-state index contributed by atoms with van der Waals surface area (Å²) < 4.78 is 13.0. The van der Waals surface area contributed by atoms with Crippen LogP contribution in [0.2, 0.25) is 0 Å². The van der Waals surface area contributed by atoms with Crippen LogP contribution in [0.4, 0.5) is 15.8 Å². The summed E-state index contributed by atoms with van der Waals surface area (Å²) in [6.07, 6.45) is 3.89. The van der Waals surface area contributed by atoms with Gasteiger partial charge in [-0.2, -0.15) is 0 Å². The Kier molecular flexibility index (Phi) is 3.32. The van der Waals surface area contributed by atoms with Crippen LogP contribution in [0.1, 0.15) is 26.2 Å². The molecule has 0 spiro atoms. The quantitative estimate of drug-likeness (QED) is 0.770. The van der Waals surface area contributed by atoms with Crippen LogP contribution in [0.5, 0.6) is 0 Å². The van der Waals surface area contributed by atoms with Gasteiger partial charge in [0.15, 0.2) is 0 Å². The van der Waals surface area contributed by atoms with Crippen molar-refractivity contribution in [2.45, 2.75) is 26.2 Å². The molecule has 3 N–H and O–H groups in total. The van der Waals surface area contributed by atoms with Crippen LogP contribution in [0, 0.1) is 17.7 Å². The fourth-order valence-electron chi connectivity index (χ4n) is 2.45. The van der Waals surface area contributed by atoms with Crippen molar-refractivity contribution < 1.29 is 4.39 Å². The first-order valence-electron chi connectivity index (χ1n) is 5.95. The number of rotatable bonds is 3. The number of benzene rings is 1. The molecule has 16 heavy (non-hydrogen) atoms. The molecule has 0 bridgehead atoms. The van der Waals surface area contributed by atoms with Gasteiger partial charge in [-0.05, 0) is 36.5 Å². The van der Waals surface area contributed by atoms with Crippen molar-refractivity contribution in [1.82, 2.24) is 0 Å². The first-order valence-corrected chi connectivity index (χ1v) is 5.95. The molecule has 0 aromatic heterocycles. The maximum absolute atomic E-state index is 13.0. The third-order valence-corrected chi connectivity index (χ3v) is 3.61. The number of nitrogens with two attached hydrogens (primary N) is 1. The summed E-state index contributed by atoms with van der Waals surface area (Å²) in [7, 11) is 0. The number of halogens is 1. The zero-order chi connectivity index (χ0) is 11.5. The lowest BCUT2D eigenvalue weighted by Gasteiger charge is -2.17. The van der Waals surface area contributed by atoms with Gasteiger partial charge in [-0.1, -0.05) is 19.8 Å². The molecule has 1 aliphatic carbocycles. The second kappa shape index (κ2) is 4.73. The van der Waals surface area contributed by atoms with E-state index in [2.05, 4.69) is 12.2 Å². The zero-order valence-corrected chi connectivity index (χ0v) is 9.67. The average molecular weight is 222 g/mol. The fraction of sp³-hybridized carbons (Fsp3) is 0.538. The summed E-state index contributed by atoms with van der Waals surface area (Å²) in [5.74, 6) is 1.22. The second-order valence-corrected chi connectivity index (χ2v) is 4.78. The summed E-state index contributed by atoms with van der Waals surface area (Å²) in [6, 6.07) is 4.46. The predicted octanol–water partition coefficient (Wildman–Crippen LogP) is 3.26. The van der Waals surface area contributed by atoms with E-state index in [0.29, 0.717) is 11.6 Å². The molecular formula is C13H19FN2. The normalized spacial score (nSPS) is 24.6. The summed E-state index contributed by atoms with van der Waals surface area (Å²) >= 11 is 0.